The minimum atomic E-state index is -0.713. The van der Waals surface area contributed by atoms with Gasteiger partial charge in [-0.2, -0.15) is 0 Å². The molecule has 0 heterocycles. The Balaban J connectivity index is 2.24. The molecule has 1 atom stereocenters. The molecule has 2 N–H and O–H groups in total. The second-order valence-corrected chi connectivity index (χ2v) is 5.98. The number of hydrogen-bond donors (Lipinski definition) is 2. The number of ether oxygens (including phenoxy) is 2. The molecule has 1 aromatic rings. The Labute approximate surface area is 126 Å². The van der Waals surface area contributed by atoms with Crippen LogP contribution in [0.15, 0.2) is 24.3 Å². The molecule has 0 saturated carbocycles. The van der Waals surface area contributed by atoms with Gasteiger partial charge in [0.2, 0.25) is 5.91 Å². The monoisotopic (exact) mass is 295 g/mol. The summed E-state index contributed by atoms with van der Waals surface area (Å²) < 4.78 is 10.5. The summed E-state index contributed by atoms with van der Waals surface area (Å²) in [5.41, 5.74) is 0.547. The number of benzene rings is 1. The molecular formula is C16H25NO4. The highest BCUT2D eigenvalue weighted by Crippen LogP contribution is 2.13. The molecule has 0 aliphatic carbocycles. The first-order valence-corrected chi connectivity index (χ1v) is 7.00. The molecule has 0 aliphatic rings. The van der Waals surface area contributed by atoms with E-state index in [1.165, 1.54) is 0 Å². The van der Waals surface area contributed by atoms with Gasteiger partial charge in [0.25, 0.3) is 0 Å². The van der Waals surface area contributed by atoms with Crippen LogP contribution in [0.2, 0.25) is 0 Å². The summed E-state index contributed by atoms with van der Waals surface area (Å²) in [5.74, 6) is 0.709. The largest absolute Gasteiger partial charge is 0.497 e. The summed E-state index contributed by atoms with van der Waals surface area (Å²) >= 11 is 0. The maximum absolute atomic E-state index is 11.6. The van der Waals surface area contributed by atoms with E-state index in [2.05, 4.69) is 5.32 Å². The second kappa shape index (κ2) is 8.00. The number of methoxy groups -OCH3 is 1. The Morgan fingerprint density at radius 1 is 1.29 bits per heavy atom. The van der Waals surface area contributed by atoms with Crippen LogP contribution in [0.25, 0.3) is 0 Å². The van der Waals surface area contributed by atoms with Gasteiger partial charge in [0, 0.05) is 12.0 Å². The number of hydrogen-bond acceptors (Lipinski definition) is 4. The highest BCUT2D eigenvalue weighted by molar-refractivity contribution is 5.81. The molecule has 0 unspecified atom stereocenters. The third-order valence-electron chi connectivity index (χ3n) is 2.92. The van der Waals surface area contributed by atoms with Crippen molar-refractivity contribution >= 4 is 5.91 Å². The first-order chi connectivity index (χ1) is 9.82. The maximum atomic E-state index is 11.6. The van der Waals surface area contributed by atoms with Gasteiger partial charge in [-0.25, -0.2) is 0 Å². The number of carbonyl (C=O) groups excluding carboxylic acids is 1. The van der Waals surface area contributed by atoms with E-state index in [4.69, 9.17) is 9.47 Å². The van der Waals surface area contributed by atoms with Crippen molar-refractivity contribution in [2.24, 2.45) is 5.41 Å². The molecule has 0 aliphatic heterocycles. The van der Waals surface area contributed by atoms with E-state index in [1.54, 1.807) is 7.11 Å². The standard InChI is InChI=1S/C16H25NO4/c1-16(2,3)15(19)17-9-13(18)11-21-10-12-5-7-14(20-4)8-6-12/h5-8,13,18H,9-11H2,1-4H3,(H,17,19)/t13-/m0/s1. The smallest absolute Gasteiger partial charge is 0.225 e. The van der Waals surface area contributed by atoms with Crippen molar-refractivity contribution in [1.29, 1.82) is 0 Å². The molecule has 1 aromatic carbocycles. The lowest BCUT2D eigenvalue weighted by molar-refractivity contribution is -0.129. The zero-order valence-corrected chi connectivity index (χ0v) is 13.2. The van der Waals surface area contributed by atoms with Gasteiger partial charge >= 0.3 is 0 Å². The van der Waals surface area contributed by atoms with Crippen LogP contribution < -0.4 is 10.1 Å². The molecule has 0 aromatic heterocycles. The van der Waals surface area contributed by atoms with Gasteiger partial charge < -0.3 is 19.9 Å². The topological polar surface area (TPSA) is 67.8 Å². The van der Waals surface area contributed by atoms with Crippen LogP contribution in [0.4, 0.5) is 0 Å². The summed E-state index contributed by atoms with van der Waals surface area (Å²) in [5, 5.41) is 12.5. The molecule has 0 bridgehead atoms. The van der Waals surface area contributed by atoms with Gasteiger partial charge in [-0.3, -0.25) is 4.79 Å². The lowest BCUT2D eigenvalue weighted by Gasteiger charge is -2.19. The van der Waals surface area contributed by atoms with Crippen LogP contribution in [0.1, 0.15) is 26.3 Å². The van der Waals surface area contributed by atoms with E-state index in [9.17, 15) is 9.90 Å². The lowest BCUT2D eigenvalue weighted by atomic mass is 9.96. The van der Waals surface area contributed by atoms with E-state index in [-0.39, 0.29) is 19.1 Å². The molecule has 5 heteroatoms. The van der Waals surface area contributed by atoms with E-state index in [0.717, 1.165) is 11.3 Å². The van der Waals surface area contributed by atoms with Gasteiger partial charge in [0.1, 0.15) is 5.75 Å². The van der Waals surface area contributed by atoms with Crippen LogP contribution in [-0.2, 0) is 16.1 Å². The third-order valence-corrected chi connectivity index (χ3v) is 2.92. The normalized spacial score (nSPS) is 12.8. The fourth-order valence-corrected chi connectivity index (χ4v) is 1.57. The Bertz CT molecular complexity index is 437. The van der Waals surface area contributed by atoms with Crippen molar-refractivity contribution in [3.8, 4) is 5.75 Å². The second-order valence-electron chi connectivity index (χ2n) is 5.98. The average Bonchev–Trinajstić information content (AvgIpc) is 2.44. The zero-order valence-electron chi connectivity index (χ0n) is 13.2. The average molecular weight is 295 g/mol. The van der Waals surface area contributed by atoms with Crippen molar-refractivity contribution in [2.45, 2.75) is 33.5 Å². The van der Waals surface area contributed by atoms with Crippen molar-refractivity contribution in [3.05, 3.63) is 29.8 Å². The molecule has 1 amide bonds. The summed E-state index contributed by atoms with van der Waals surface area (Å²) in [7, 11) is 1.62. The molecule has 0 fully saturated rings. The van der Waals surface area contributed by atoms with Crippen LogP contribution in [-0.4, -0.2) is 37.4 Å². The summed E-state index contributed by atoms with van der Waals surface area (Å²) in [6, 6.07) is 7.54. The minimum Gasteiger partial charge on any atom is -0.497 e. The molecule has 21 heavy (non-hydrogen) atoms. The molecule has 1 rings (SSSR count). The number of aliphatic hydroxyl groups excluding tert-OH is 1. The fraction of sp³-hybridized carbons (Fsp3) is 0.562. The van der Waals surface area contributed by atoms with Crippen LogP contribution >= 0.6 is 0 Å². The van der Waals surface area contributed by atoms with Gasteiger partial charge in [0.05, 0.1) is 26.4 Å². The molecule has 0 saturated heterocycles. The number of aliphatic hydroxyl groups is 1. The van der Waals surface area contributed by atoms with E-state index in [1.807, 2.05) is 45.0 Å². The van der Waals surface area contributed by atoms with E-state index in [0.29, 0.717) is 6.61 Å². The maximum Gasteiger partial charge on any atom is 0.225 e. The molecule has 5 nitrogen and oxygen atoms in total. The third kappa shape index (κ3) is 6.60. The first kappa shape index (κ1) is 17.5. The Kier molecular flexibility index (Phi) is 6.65. The Morgan fingerprint density at radius 3 is 2.43 bits per heavy atom. The highest BCUT2D eigenvalue weighted by atomic mass is 16.5. The summed E-state index contributed by atoms with van der Waals surface area (Å²) in [6.07, 6.45) is -0.713. The van der Waals surface area contributed by atoms with E-state index >= 15 is 0 Å². The van der Waals surface area contributed by atoms with Gasteiger partial charge in [0.15, 0.2) is 0 Å². The minimum absolute atomic E-state index is 0.0864. The van der Waals surface area contributed by atoms with Gasteiger partial charge in [-0.1, -0.05) is 32.9 Å². The predicted octanol–water partition coefficient (Wildman–Crippen LogP) is 1.73. The van der Waals surface area contributed by atoms with Crippen LogP contribution in [0.3, 0.4) is 0 Å². The molecule has 0 radical (unpaired) electrons. The van der Waals surface area contributed by atoms with E-state index < -0.39 is 11.5 Å². The van der Waals surface area contributed by atoms with Crippen molar-refractivity contribution in [1.82, 2.24) is 5.32 Å². The first-order valence-electron chi connectivity index (χ1n) is 7.00. The predicted molar refractivity (Wildman–Crippen MR) is 81.1 cm³/mol. The quantitative estimate of drug-likeness (QED) is 0.804. The Morgan fingerprint density at radius 2 is 1.90 bits per heavy atom. The number of rotatable bonds is 7. The summed E-state index contributed by atoms with van der Waals surface area (Å²) in [4.78, 5) is 11.6. The Hall–Kier alpha value is -1.59. The van der Waals surface area contributed by atoms with Crippen molar-refractivity contribution in [2.75, 3.05) is 20.3 Å². The fourth-order valence-electron chi connectivity index (χ4n) is 1.57. The highest BCUT2D eigenvalue weighted by Gasteiger charge is 2.21. The molecule has 118 valence electrons. The van der Waals surface area contributed by atoms with Gasteiger partial charge in [-0.15, -0.1) is 0 Å². The van der Waals surface area contributed by atoms with Crippen LogP contribution in [0, 0.1) is 5.41 Å². The van der Waals surface area contributed by atoms with Crippen molar-refractivity contribution in [3.63, 3.8) is 0 Å². The summed E-state index contributed by atoms with van der Waals surface area (Å²) in [6.45, 7) is 6.27. The molecular weight excluding hydrogens is 270 g/mol. The van der Waals surface area contributed by atoms with Gasteiger partial charge in [-0.05, 0) is 17.7 Å². The molecule has 0 spiro atoms. The van der Waals surface area contributed by atoms with Crippen LogP contribution in [0.5, 0.6) is 5.75 Å². The SMILES string of the molecule is COc1ccc(COC[C@@H](O)CNC(=O)C(C)(C)C)cc1. The number of nitrogens with one attached hydrogen (secondary N) is 1. The number of amides is 1. The number of carbonyl (C=O) groups is 1. The van der Waals surface area contributed by atoms with Crippen molar-refractivity contribution < 1.29 is 19.4 Å². The lowest BCUT2D eigenvalue weighted by Crippen LogP contribution is -2.40. The zero-order chi connectivity index (χ0) is 15.9.